The highest BCUT2D eigenvalue weighted by atomic mass is 19.3. The summed E-state index contributed by atoms with van der Waals surface area (Å²) in [4.78, 5) is 24.4. The lowest BCUT2D eigenvalue weighted by molar-refractivity contribution is -0.384. The number of ether oxygens (including phenoxy) is 2. The smallest absolute Gasteiger partial charge is 0.387 e. The minimum absolute atomic E-state index is 0.0506. The van der Waals surface area contributed by atoms with Crippen molar-refractivity contribution in [2.75, 3.05) is 13.7 Å². The molecule has 0 unspecified atom stereocenters. The van der Waals surface area contributed by atoms with Gasteiger partial charge in [0, 0.05) is 25.3 Å². The Morgan fingerprint density at radius 3 is 2.60 bits per heavy atom. The standard InChI is InChI=1S/C21H22F2N2O5/c1-4-29-19-12-15(8-10-18(19)30-21(22)23)9-11-20(26)24(3)14(2)16-6-5-7-17(13-16)25(27)28/h5-14,21H,4H2,1-3H3/b11-9+/t14-/m0/s1. The normalized spacial score (nSPS) is 12.1. The van der Waals surface area contributed by atoms with Crippen LogP contribution in [0.4, 0.5) is 14.5 Å². The number of hydrogen-bond donors (Lipinski definition) is 0. The van der Waals surface area contributed by atoms with E-state index < -0.39 is 17.6 Å². The molecule has 0 N–H and O–H groups in total. The molecule has 0 saturated heterocycles. The van der Waals surface area contributed by atoms with Crippen LogP contribution >= 0.6 is 0 Å². The Morgan fingerprint density at radius 1 is 1.23 bits per heavy atom. The maximum Gasteiger partial charge on any atom is 0.387 e. The number of amides is 1. The van der Waals surface area contributed by atoms with Crippen LogP contribution in [0.5, 0.6) is 11.5 Å². The number of hydrogen-bond acceptors (Lipinski definition) is 5. The minimum Gasteiger partial charge on any atom is -0.490 e. The molecule has 2 aromatic rings. The summed E-state index contributed by atoms with van der Waals surface area (Å²) >= 11 is 0. The average Bonchev–Trinajstić information content (AvgIpc) is 2.72. The van der Waals surface area contributed by atoms with E-state index in [1.807, 2.05) is 0 Å². The molecule has 0 radical (unpaired) electrons. The first kappa shape index (κ1) is 22.8. The summed E-state index contributed by atoms with van der Waals surface area (Å²) < 4.78 is 34.7. The Morgan fingerprint density at radius 2 is 1.97 bits per heavy atom. The van der Waals surface area contributed by atoms with Gasteiger partial charge in [-0.05, 0) is 43.2 Å². The van der Waals surface area contributed by atoms with Gasteiger partial charge in [0.1, 0.15) is 0 Å². The molecule has 1 amide bonds. The van der Waals surface area contributed by atoms with Crippen LogP contribution in [-0.4, -0.2) is 36.0 Å². The third kappa shape index (κ3) is 6.00. The average molecular weight is 420 g/mol. The first-order valence-electron chi connectivity index (χ1n) is 9.13. The summed E-state index contributed by atoms with van der Waals surface area (Å²) in [7, 11) is 1.58. The molecule has 1 atom stereocenters. The number of nitro benzene ring substituents is 1. The van der Waals surface area contributed by atoms with Crippen molar-refractivity contribution in [3.05, 3.63) is 69.8 Å². The second-order valence-corrected chi connectivity index (χ2v) is 6.33. The number of halogens is 2. The molecule has 0 aliphatic heterocycles. The predicted octanol–water partition coefficient (Wildman–Crippen LogP) is 4.83. The van der Waals surface area contributed by atoms with E-state index >= 15 is 0 Å². The van der Waals surface area contributed by atoms with Crippen molar-refractivity contribution in [3.8, 4) is 11.5 Å². The minimum atomic E-state index is -2.98. The fourth-order valence-electron chi connectivity index (χ4n) is 2.69. The van der Waals surface area contributed by atoms with Gasteiger partial charge in [0.05, 0.1) is 17.6 Å². The van der Waals surface area contributed by atoms with Gasteiger partial charge in [0.25, 0.3) is 5.69 Å². The maximum atomic E-state index is 12.5. The monoisotopic (exact) mass is 420 g/mol. The Bertz CT molecular complexity index is 933. The zero-order valence-electron chi connectivity index (χ0n) is 16.7. The van der Waals surface area contributed by atoms with Gasteiger partial charge in [-0.15, -0.1) is 0 Å². The molecule has 30 heavy (non-hydrogen) atoms. The maximum absolute atomic E-state index is 12.5. The molecule has 0 bridgehead atoms. The second-order valence-electron chi connectivity index (χ2n) is 6.33. The number of nitro groups is 1. The molecule has 0 aromatic heterocycles. The summed E-state index contributed by atoms with van der Waals surface area (Å²) in [6.45, 7) is 0.752. The van der Waals surface area contributed by atoms with Gasteiger partial charge in [0.15, 0.2) is 11.5 Å². The third-order valence-corrected chi connectivity index (χ3v) is 4.39. The molecule has 0 aliphatic rings. The third-order valence-electron chi connectivity index (χ3n) is 4.39. The largest absolute Gasteiger partial charge is 0.490 e. The number of non-ortho nitro benzene ring substituents is 1. The van der Waals surface area contributed by atoms with E-state index in [0.29, 0.717) is 11.1 Å². The Hall–Kier alpha value is -3.49. The number of nitrogens with zero attached hydrogens (tertiary/aromatic N) is 2. The first-order valence-corrected chi connectivity index (χ1v) is 9.13. The zero-order valence-corrected chi connectivity index (χ0v) is 16.7. The molecule has 0 spiro atoms. The van der Waals surface area contributed by atoms with Crippen LogP contribution in [0, 0.1) is 10.1 Å². The summed E-state index contributed by atoms with van der Waals surface area (Å²) in [5.74, 6) is -0.280. The number of benzene rings is 2. The summed E-state index contributed by atoms with van der Waals surface area (Å²) in [6, 6.07) is 10.0. The van der Waals surface area contributed by atoms with Gasteiger partial charge in [-0.2, -0.15) is 8.78 Å². The molecule has 9 heteroatoms. The Kier molecular flexibility index (Phi) is 7.85. The summed E-state index contributed by atoms with van der Waals surface area (Å²) in [5.41, 5.74) is 1.13. The highest BCUT2D eigenvalue weighted by Gasteiger charge is 2.18. The molecule has 0 aliphatic carbocycles. The van der Waals surface area contributed by atoms with Gasteiger partial charge in [-0.1, -0.05) is 18.2 Å². The lowest BCUT2D eigenvalue weighted by Gasteiger charge is -2.24. The summed E-state index contributed by atoms with van der Waals surface area (Å²) in [6.07, 6.45) is 2.85. The van der Waals surface area contributed by atoms with Gasteiger partial charge >= 0.3 is 6.61 Å². The van der Waals surface area contributed by atoms with E-state index in [0.717, 1.165) is 0 Å². The van der Waals surface area contributed by atoms with Crippen molar-refractivity contribution in [2.45, 2.75) is 26.5 Å². The highest BCUT2D eigenvalue weighted by molar-refractivity contribution is 5.92. The van der Waals surface area contributed by atoms with E-state index in [1.54, 1.807) is 33.0 Å². The fourth-order valence-corrected chi connectivity index (χ4v) is 2.69. The number of alkyl halides is 2. The molecule has 0 fully saturated rings. The van der Waals surface area contributed by atoms with E-state index in [4.69, 9.17) is 4.74 Å². The number of carbonyl (C=O) groups excluding carboxylic acids is 1. The zero-order chi connectivity index (χ0) is 22.3. The Labute approximate surface area is 172 Å². The topological polar surface area (TPSA) is 81.9 Å². The van der Waals surface area contributed by atoms with E-state index in [-0.39, 0.29) is 29.7 Å². The number of carbonyl (C=O) groups is 1. The quantitative estimate of drug-likeness (QED) is 0.330. The molecule has 160 valence electrons. The lowest BCUT2D eigenvalue weighted by Crippen LogP contribution is -2.28. The molecular weight excluding hydrogens is 398 g/mol. The van der Waals surface area contributed by atoms with Crippen LogP contribution in [0.3, 0.4) is 0 Å². The lowest BCUT2D eigenvalue weighted by atomic mass is 10.1. The van der Waals surface area contributed by atoms with Crippen LogP contribution in [0.2, 0.25) is 0 Å². The predicted molar refractivity (Wildman–Crippen MR) is 108 cm³/mol. The van der Waals surface area contributed by atoms with E-state index in [9.17, 15) is 23.7 Å². The molecule has 0 saturated carbocycles. The van der Waals surface area contributed by atoms with Crippen molar-refractivity contribution in [1.82, 2.24) is 4.90 Å². The van der Waals surface area contributed by atoms with Gasteiger partial charge in [-0.25, -0.2) is 0 Å². The van der Waals surface area contributed by atoms with Gasteiger partial charge in [0.2, 0.25) is 5.91 Å². The molecule has 7 nitrogen and oxygen atoms in total. The molecule has 2 rings (SSSR count). The van der Waals surface area contributed by atoms with Crippen LogP contribution in [-0.2, 0) is 4.79 Å². The van der Waals surface area contributed by atoms with E-state index in [2.05, 4.69) is 4.74 Å². The summed E-state index contributed by atoms with van der Waals surface area (Å²) in [5, 5.41) is 10.9. The second kappa shape index (κ2) is 10.3. The van der Waals surface area contributed by atoms with Crippen molar-refractivity contribution >= 4 is 17.7 Å². The van der Waals surface area contributed by atoms with Gasteiger partial charge < -0.3 is 14.4 Å². The Balaban J connectivity index is 2.15. The van der Waals surface area contributed by atoms with Crippen LogP contribution in [0.1, 0.15) is 31.0 Å². The SMILES string of the molecule is CCOc1cc(/C=C/C(=O)N(C)[C@@H](C)c2cccc([N+](=O)[O-])c2)ccc1OC(F)F. The van der Waals surface area contributed by atoms with Gasteiger partial charge in [-0.3, -0.25) is 14.9 Å². The van der Waals surface area contributed by atoms with Crippen LogP contribution < -0.4 is 9.47 Å². The van der Waals surface area contributed by atoms with Crippen molar-refractivity contribution < 1.29 is 28.0 Å². The van der Waals surface area contributed by atoms with Crippen molar-refractivity contribution in [2.24, 2.45) is 0 Å². The molecule has 2 aromatic carbocycles. The number of likely N-dealkylation sites (N-methyl/N-ethyl adjacent to an activating group) is 1. The van der Waals surface area contributed by atoms with E-state index in [1.165, 1.54) is 47.4 Å². The molecular formula is C21H22F2N2O5. The van der Waals surface area contributed by atoms with Crippen LogP contribution in [0.25, 0.3) is 6.08 Å². The van der Waals surface area contributed by atoms with Crippen molar-refractivity contribution in [1.29, 1.82) is 0 Å². The first-order chi connectivity index (χ1) is 14.2. The van der Waals surface area contributed by atoms with Crippen LogP contribution in [0.15, 0.2) is 48.5 Å². The number of rotatable bonds is 9. The fraction of sp³-hybridized carbons (Fsp3) is 0.286. The molecule has 0 heterocycles. The highest BCUT2D eigenvalue weighted by Crippen LogP contribution is 2.30. The van der Waals surface area contributed by atoms with Crippen molar-refractivity contribution in [3.63, 3.8) is 0 Å².